The molecule has 0 radical (unpaired) electrons. The van der Waals surface area contributed by atoms with E-state index in [9.17, 15) is 9.59 Å². The first-order chi connectivity index (χ1) is 10.1. The van der Waals surface area contributed by atoms with Crippen molar-refractivity contribution in [3.05, 3.63) is 35.4 Å². The Labute approximate surface area is 124 Å². The van der Waals surface area contributed by atoms with Crippen LogP contribution in [0.2, 0.25) is 0 Å². The van der Waals surface area contributed by atoms with Crippen LogP contribution in [0.3, 0.4) is 0 Å². The largest absolute Gasteiger partial charge is 0.481 e. The van der Waals surface area contributed by atoms with Gasteiger partial charge in [0.25, 0.3) is 0 Å². The van der Waals surface area contributed by atoms with Gasteiger partial charge in [0.05, 0.1) is 5.92 Å². The van der Waals surface area contributed by atoms with Crippen molar-refractivity contribution in [3.8, 4) is 0 Å². The van der Waals surface area contributed by atoms with E-state index in [0.29, 0.717) is 19.3 Å². The molecular weight excluding hydrogens is 266 g/mol. The quantitative estimate of drug-likeness (QED) is 0.926. The van der Waals surface area contributed by atoms with Gasteiger partial charge in [-0.2, -0.15) is 0 Å². The number of aliphatic carboxylic acids is 1. The Morgan fingerprint density at radius 3 is 2.19 bits per heavy atom. The molecule has 1 saturated carbocycles. The van der Waals surface area contributed by atoms with Crippen molar-refractivity contribution in [1.29, 1.82) is 0 Å². The Hall–Kier alpha value is -1.84. The van der Waals surface area contributed by atoms with Gasteiger partial charge in [-0.3, -0.25) is 9.59 Å². The summed E-state index contributed by atoms with van der Waals surface area (Å²) in [5.41, 5.74) is 2.66. The molecule has 0 heterocycles. The van der Waals surface area contributed by atoms with E-state index in [0.717, 1.165) is 12.8 Å². The summed E-state index contributed by atoms with van der Waals surface area (Å²) in [4.78, 5) is 25.5. The molecule has 0 saturated heterocycles. The molecule has 0 spiro atoms. The number of carboxylic acids is 1. The second-order valence-corrected chi connectivity index (χ2v) is 6.33. The van der Waals surface area contributed by atoms with E-state index >= 15 is 0 Å². The highest BCUT2D eigenvalue weighted by molar-refractivity contribution is 5.81. The van der Waals surface area contributed by atoms with Crippen molar-refractivity contribution in [2.24, 2.45) is 11.8 Å². The fourth-order valence-corrected chi connectivity index (χ4v) is 3.71. The minimum absolute atomic E-state index is 0.111. The molecule has 1 aromatic carbocycles. The van der Waals surface area contributed by atoms with Crippen LogP contribution < -0.4 is 0 Å². The molecule has 0 aliphatic heterocycles. The monoisotopic (exact) mass is 287 g/mol. The first-order valence-corrected chi connectivity index (χ1v) is 7.62. The van der Waals surface area contributed by atoms with Crippen molar-refractivity contribution in [2.45, 2.75) is 38.1 Å². The van der Waals surface area contributed by atoms with Gasteiger partial charge in [-0.1, -0.05) is 24.3 Å². The average molecular weight is 287 g/mol. The molecule has 3 rings (SSSR count). The van der Waals surface area contributed by atoms with Gasteiger partial charge in [0.1, 0.15) is 0 Å². The van der Waals surface area contributed by atoms with Crippen LogP contribution in [0.15, 0.2) is 24.3 Å². The Balaban J connectivity index is 1.63. The SMILES string of the molecule is CN(C(=O)[C@@H]1CC[C@H](C(=O)O)C1)C1Cc2ccccc2C1. The zero-order valence-electron chi connectivity index (χ0n) is 12.3. The molecule has 1 aromatic rings. The molecular formula is C17H21NO3. The Bertz CT molecular complexity index is 544. The number of hydrogen-bond acceptors (Lipinski definition) is 2. The molecule has 1 N–H and O–H groups in total. The minimum Gasteiger partial charge on any atom is -0.481 e. The topological polar surface area (TPSA) is 57.6 Å². The molecule has 0 aromatic heterocycles. The third-order valence-electron chi connectivity index (χ3n) is 5.06. The lowest BCUT2D eigenvalue weighted by molar-refractivity contribution is -0.141. The molecule has 4 heteroatoms. The van der Waals surface area contributed by atoms with Crippen molar-refractivity contribution in [1.82, 2.24) is 4.90 Å². The number of fused-ring (bicyclic) bond motifs is 1. The van der Waals surface area contributed by atoms with Crippen molar-refractivity contribution in [3.63, 3.8) is 0 Å². The lowest BCUT2D eigenvalue weighted by atomic mass is 10.0. The summed E-state index contributed by atoms with van der Waals surface area (Å²) in [6.45, 7) is 0. The molecule has 1 amide bonds. The molecule has 2 atom stereocenters. The molecule has 0 bridgehead atoms. The predicted octanol–water partition coefficient (Wildman–Crippen LogP) is 2.11. The van der Waals surface area contributed by atoms with Gasteiger partial charge in [0.15, 0.2) is 0 Å². The van der Waals surface area contributed by atoms with Gasteiger partial charge in [0.2, 0.25) is 5.91 Å². The molecule has 2 aliphatic carbocycles. The number of benzene rings is 1. The number of nitrogens with zero attached hydrogens (tertiary/aromatic N) is 1. The van der Waals surface area contributed by atoms with E-state index in [1.165, 1.54) is 11.1 Å². The number of likely N-dealkylation sites (N-methyl/N-ethyl adjacent to an activating group) is 1. The van der Waals surface area contributed by atoms with Crippen molar-refractivity contribution >= 4 is 11.9 Å². The zero-order valence-corrected chi connectivity index (χ0v) is 12.3. The van der Waals surface area contributed by atoms with E-state index in [2.05, 4.69) is 12.1 Å². The van der Waals surface area contributed by atoms with Crippen LogP contribution in [0, 0.1) is 11.8 Å². The lowest BCUT2D eigenvalue weighted by Crippen LogP contribution is -2.40. The fourth-order valence-electron chi connectivity index (χ4n) is 3.71. The lowest BCUT2D eigenvalue weighted by Gasteiger charge is -2.27. The van der Waals surface area contributed by atoms with Gasteiger partial charge >= 0.3 is 5.97 Å². The second-order valence-electron chi connectivity index (χ2n) is 6.33. The average Bonchev–Trinajstić information content (AvgIpc) is 3.12. The van der Waals surface area contributed by atoms with E-state index in [4.69, 9.17) is 5.11 Å². The molecule has 112 valence electrons. The van der Waals surface area contributed by atoms with Gasteiger partial charge in [-0.05, 0) is 43.2 Å². The van der Waals surface area contributed by atoms with Crippen LogP contribution in [-0.4, -0.2) is 35.0 Å². The van der Waals surface area contributed by atoms with Crippen LogP contribution in [0.5, 0.6) is 0 Å². The van der Waals surface area contributed by atoms with E-state index in [1.807, 2.05) is 24.1 Å². The number of amides is 1. The maximum absolute atomic E-state index is 12.6. The van der Waals surface area contributed by atoms with Crippen LogP contribution >= 0.6 is 0 Å². The first kappa shape index (κ1) is 14.1. The van der Waals surface area contributed by atoms with E-state index in [-0.39, 0.29) is 23.8 Å². The number of carbonyl (C=O) groups excluding carboxylic acids is 1. The molecule has 4 nitrogen and oxygen atoms in total. The maximum Gasteiger partial charge on any atom is 0.306 e. The summed E-state index contributed by atoms with van der Waals surface area (Å²) < 4.78 is 0. The van der Waals surface area contributed by atoms with Gasteiger partial charge in [0, 0.05) is 19.0 Å². The zero-order chi connectivity index (χ0) is 15.0. The number of carbonyl (C=O) groups is 2. The van der Waals surface area contributed by atoms with Crippen molar-refractivity contribution < 1.29 is 14.7 Å². The predicted molar refractivity (Wildman–Crippen MR) is 78.9 cm³/mol. The smallest absolute Gasteiger partial charge is 0.306 e. The molecule has 2 aliphatic rings. The maximum atomic E-state index is 12.6. The van der Waals surface area contributed by atoms with Gasteiger partial charge in [-0.15, -0.1) is 0 Å². The first-order valence-electron chi connectivity index (χ1n) is 7.62. The Morgan fingerprint density at radius 1 is 1.10 bits per heavy atom. The van der Waals surface area contributed by atoms with Crippen LogP contribution in [0.1, 0.15) is 30.4 Å². The van der Waals surface area contributed by atoms with Crippen molar-refractivity contribution in [2.75, 3.05) is 7.05 Å². The highest BCUT2D eigenvalue weighted by Crippen LogP contribution is 2.34. The fraction of sp³-hybridized carbons (Fsp3) is 0.529. The highest BCUT2D eigenvalue weighted by atomic mass is 16.4. The van der Waals surface area contributed by atoms with Gasteiger partial charge < -0.3 is 10.0 Å². The number of carboxylic acid groups (broad SMARTS) is 1. The molecule has 1 fully saturated rings. The minimum atomic E-state index is -0.763. The summed E-state index contributed by atoms with van der Waals surface area (Å²) in [7, 11) is 1.87. The van der Waals surface area contributed by atoms with E-state index in [1.54, 1.807) is 0 Å². The summed E-state index contributed by atoms with van der Waals surface area (Å²) in [5, 5.41) is 9.06. The summed E-state index contributed by atoms with van der Waals surface area (Å²) in [5.74, 6) is -1.09. The second kappa shape index (κ2) is 5.51. The van der Waals surface area contributed by atoms with Crippen LogP contribution in [-0.2, 0) is 22.4 Å². The summed E-state index contributed by atoms with van der Waals surface area (Å²) in [6, 6.07) is 8.56. The van der Waals surface area contributed by atoms with Crippen LogP contribution in [0.4, 0.5) is 0 Å². The third kappa shape index (κ3) is 2.67. The molecule has 21 heavy (non-hydrogen) atoms. The standard InChI is InChI=1S/C17H21NO3/c1-18(15-9-11-4-2-3-5-12(11)10-15)16(19)13-6-7-14(8-13)17(20)21/h2-5,13-15H,6-10H2,1H3,(H,20,21)/t13-,14+/m1/s1. The van der Waals surface area contributed by atoms with E-state index < -0.39 is 5.97 Å². The molecule has 0 unspecified atom stereocenters. The Morgan fingerprint density at radius 2 is 1.67 bits per heavy atom. The van der Waals surface area contributed by atoms with Gasteiger partial charge in [-0.25, -0.2) is 0 Å². The normalized spacial score (nSPS) is 24.8. The van der Waals surface area contributed by atoms with Crippen LogP contribution in [0.25, 0.3) is 0 Å². The highest BCUT2D eigenvalue weighted by Gasteiger charge is 2.37. The summed E-state index contributed by atoms with van der Waals surface area (Å²) >= 11 is 0. The number of rotatable bonds is 3. The summed E-state index contributed by atoms with van der Waals surface area (Å²) in [6.07, 6.45) is 3.66. The third-order valence-corrected chi connectivity index (χ3v) is 5.06. The number of hydrogen-bond donors (Lipinski definition) is 1. The Kier molecular flexibility index (Phi) is 3.70.